The second-order valence-electron chi connectivity index (χ2n) is 6.51. The van der Waals surface area contributed by atoms with Gasteiger partial charge in [0.2, 0.25) is 0 Å². The van der Waals surface area contributed by atoms with Crippen LogP contribution >= 0.6 is 0 Å². The van der Waals surface area contributed by atoms with E-state index in [9.17, 15) is 13.6 Å². The summed E-state index contributed by atoms with van der Waals surface area (Å²) in [6, 6.07) is 14.8. The van der Waals surface area contributed by atoms with Gasteiger partial charge in [0.25, 0.3) is 5.91 Å². The molecule has 1 aliphatic rings. The summed E-state index contributed by atoms with van der Waals surface area (Å²) in [4.78, 5) is 19.0. The molecule has 136 valence electrons. The number of benzene rings is 2. The first-order valence-corrected chi connectivity index (χ1v) is 8.63. The highest BCUT2D eigenvalue weighted by molar-refractivity contribution is 6.04. The second kappa shape index (κ2) is 6.79. The van der Waals surface area contributed by atoms with Crippen molar-refractivity contribution in [2.75, 3.05) is 10.2 Å². The van der Waals surface area contributed by atoms with Crippen LogP contribution in [-0.4, -0.2) is 16.9 Å². The van der Waals surface area contributed by atoms with Crippen LogP contribution in [0.2, 0.25) is 0 Å². The Bertz CT molecular complexity index is 1000. The van der Waals surface area contributed by atoms with Gasteiger partial charge in [0.1, 0.15) is 23.1 Å². The van der Waals surface area contributed by atoms with Crippen LogP contribution in [0.3, 0.4) is 0 Å². The zero-order valence-electron chi connectivity index (χ0n) is 14.6. The number of carbonyl (C=O) groups excluding carboxylic acids is 1. The highest BCUT2D eigenvalue weighted by atomic mass is 19.1. The van der Waals surface area contributed by atoms with Crippen molar-refractivity contribution in [3.63, 3.8) is 0 Å². The Hall–Kier alpha value is -3.28. The first-order chi connectivity index (χ1) is 13.0. The number of anilines is 3. The maximum atomic E-state index is 13.8. The molecule has 0 radical (unpaired) electrons. The Kier molecular flexibility index (Phi) is 4.32. The first kappa shape index (κ1) is 17.1. The van der Waals surface area contributed by atoms with E-state index in [1.54, 1.807) is 6.07 Å². The van der Waals surface area contributed by atoms with E-state index in [4.69, 9.17) is 0 Å². The molecule has 1 aliphatic heterocycles. The molecule has 2 heterocycles. The number of nitrogens with one attached hydrogen (secondary N) is 1. The third kappa shape index (κ3) is 3.14. The topological polar surface area (TPSA) is 45.2 Å². The highest BCUT2D eigenvalue weighted by Gasteiger charge is 2.28. The van der Waals surface area contributed by atoms with Gasteiger partial charge in [-0.2, -0.15) is 0 Å². The van der Waals surface area contributed by atoms with Crippen LogP contribution in [0.25, 0.3) is 0 Å². The van der Waals surface area contributed by atoms with Crippen molar-refractivity contribution >= 4 is 23.1 Å². The molecule has 4 rings (SSSR count). The minimum Gasteiger partial charge on any atom is -0.323 e. The molecule has 0 saturated heterocycles. The van der Waals surface area contributed by atoms with Gasteiger partial charge < -0.3 is 10.2 Å². The Morgan fingerprint density at radius 2 is 1.85 bits per heavy atom. The average molecular weight is 365 g/mol. The number of fused-ring (bicyclic) bond motifs is 1. The molecule has 2 aromatic carbocycles. The molecule has 0 saturated carbocycles. The number of carbonyl (C=O) groups is 1. The molecule has 1 amide bonds. The normalized spacial score (nSPS) is 15.5. The predicted molar refractivity (Wildman–Crippen MR) is 100 cm³/mol. The van der Waals surface area contributed by atoms with E-state index >= 15 is 0 Å². The van der Waals surface area contributed by atoms with Gasteiger partial charge in [-0.25, -0.2) is 13.8 Å². The Morgan fingerprint density at radius 3 is 2.63 bits per heavy atom. The fourth-order valence-corrected chi connectivity index (χ4v) is 3.41. The average Bonchev–Trinajstić information content (AvgIpc) is 3.00. The summed E-state index contributed by atoms with van der Waals surface area (Å²) in [5.41, 5.74) is 2.09. The lowest BCUT2D eigenvalue weighted by atomic mass is 10.1. The van der Waals surface area contributed by atoms with Gasteiger partial charge in [0, 0.05) is 23.5 Å². The zero-order valence-corrected chi connectivity index (χ0v) is 14.6. The molecule has 27 heavy (non-hydrogen) atoms. The van der Waals surface area contributed by atoms with Crippen molar-refractivity contribution in [3.05, 3.63) is 83.6 Å². The van der Waals surface area contributed by atoms with Crippen molar-refractivity contribution in [1.29, 1.82) is 0 Å². The van der Waals surface area contributed by atoms with Crippen LogP contribution < -0.4 is 10.2 Å². The van der Waals surface area contributed by atoms with Gasteiger partial charge in [-0.05, 0) is 49.2 Å². The van der Waals surface area contributed by atoms with Gasteiger partial charge in [0.05, 0.1) is 0 Å². The molecule has 1 atom stereocenters. The van der Waals surface area contributed by atoms with E-state index in [0.717, 1.165) is 24.2 Å². The lowest BCUT2D eigenvalue weighted by Crippen LogP contribution is -2.25. The maximum absolute atomic E-state index is 13.8. The molecule has 6 heteroatoms. The van der Waals surface area contributed by atoms with Crippen molar-refractivity contribution in [1.82, 2.24) is 4.98 Å². The van der Waals surface area contributed by atoms with Crippen molar-refractivity contribution in [3.8, 4) is 0 Å². The fraction of sp³-hybridized carbons (Fsp3) is 0.143. The van der Waals surface area contributed by atoms with E-state index in [-0.39, 0.29) is 11.6 Å². The second-order valence-corrected chi connectivity index (χ2v) is 6.51. The monoisotopic (exact) mass is 365 g/mol. The van der Waals surface area contributed by atoms with Crippen molar-refractivity contribution < 1.29 is 13.6 Å². The molecule has 1 aromatic heterocycles. The maximum Gasteiger partial charge on any atom is 0.256 e. The Balaban J connectivity index is 1.64. The molecule has 0 spiro atoms. The summed E-state index contributed by atoms with van der Waals surface area (Å²) < 4.78 is 27.6. The van der Waals surface area contributed by atoms with Crippen molar-refractivity contribution in [2.24, 2.45) is 0 Å². The summed E-state index contributed by atoms with van der Waals surface area (Å²) in [7, 11) is 0. The summed E-state index contributed by atoms with van der Waals surface area (Å²) in [5.74, 6) is -1.61. The smallest absolute Gasteiger partial charge is 0.256 e. The van der Waals surface area contributed by atoms with Gasteiger partial charge in [-0.3, -0.25) is 4.79 Å². The minimum absolute atomic E-state index is 0.192. The Morgan fingerprint density at radius 1 is 1.11 bits per heavy atom. The van der Waals surface area contributed by atoms with E-state index in [1.807, 2.05) is 18.2 Å². The molecular formula is C21H17F2N3O. The molecular weight excluding hydrogens is 348 g/mol. The number of hydrogen-bond donors (Lipinski definition) is 1. The molecule has 1 N–H and O–H groups in total. The van der Waals surface area contributed by atoms with Crippen LogP contribution in [-0.2, 0) is 6.42 Å². The van der Waals surface area contributed by atoms with Crippen LogP contribution in [0.15, 0.2) is 60.8 Å². The first-order valence-electron chi connectivity index (χ1n) is 8.63. The van der Waals surface area contributed by atoms with Gasteiger partial charge >= 0.3 is 0 Å². The quantitative estimate of drug-likeness (QED) is 0.732. The molecule has 0 fully saturated rings. The third-order valence-electron chi connectivity index (χ3n) is 4.66. The molecule has 0 aliphatic carbocycles. The number of nitrogens with zero attached hydrogens (tertiary/aromatic N) is 2. The number of hydrogen-bond acceptors (Lipinski definition) is 3. The number of para-hydroxylation sites is 2. The summed E-state index contributed by atoms with van der Waals surface area (Å²) >= 11 is 0. The van der Waals surface area contributed by atoms with Crippen LogP contribution in [0.4, 0.5) is 26.0 Å². The van der Waals surface area contributed by atoms with Crippen LogP contribution in [0.1, 0.15) is 22.8 Å². The van der Waals surface area contributed by atoms with E-state index in [1.165, 1.54) is 23.9 Å². The molecule has 0 bridgehead atoms. The number of rotatable bonds is 3. The highest BCUT2D eigenvalue weighted by Crippen LogP contribution is 2.37. The number of halogens is 2. The molecule has 1 unspecified atom stereocenters. The van der Waals surface area contributed by atoms with Crippen LogP contribution in [0, 0.1) is 11.6 Å². The number of amides is 1. The number of aromatic nitrogens is 1. The van der Waals surface area contributed by atoms with Gasteiger partial charge in [-0.1, -0.05) is 24.3 Å². The molecule has 3 aromatic rings. The van der Waals surface area contributed by atoms with E-state index in [0.29, 0.717) is 5.82 Å². The largest absolute Gasteiger partial charge is 0.323 e. The summed E-state index contributed by atoms with van der Waals surface area (Å²) in [6.45, 7) is 2.09. The summed E-state index contributed by atoms with van der Waals surface area (Å²) in [5, 5.41) is 2.31. The third-order valence-corrected chi connectivity index (χ3v) is 4.66. The van der Waals surface area contributed by atoms with Crippen LogP contribution in [0.5, 0.6) is 0 Å². The van der Waals surface area contributed by atoms with E-state index < -0.39 is 23.2 Å². The standard InChI is InChI=1S/C21H17F2N3O/c1-13-11-14-5-2-3-8-18(14)26(13)19-12-15(9-10-24-19)21(27)25-20-16(22)6-4-7-17(20)23/h2-10,12-13H,11H2,1H3,(H,25,27). The predicted octanol–water partition coefficient (Wildman–Crippen LogP) is 4.69. The zero-order chi connectivity index (χ0) is 19.0. The lowest BCUT2D eigenvalue weighted by molar-refractivity contribution is 0.102. The lowest BCUT2D eigenvalue weighted by Gasteiger charge is -2.24. The van der Waals surface area contributed by atoms with E-state index in [2.05, 4.69) is 28.2 Å². The SMILES string of the molecule is CC1Cc2ccccc2N1c1cc(C(=O)Nc2c(F)cccc2F)ccn1. The van der Waals surface area contributed by atoms with Gasteiger partial charge in [-0.15, -0.1) is 0 Å². The number of pyridine rings is 1. The minimum atomic E-state index is -0.820. The molecule has 4 nitrogen and oxygen atoms in total. The fourth-order valence-electron chi connectivity index (χ4n) is 3.41. The Labute approximate surface area is 155 Å². The van der Waals surface area contributed by atoms with Crippen molar-refractivity contribution in [2.45, 2.75) is 19.4 Å². The summed E-state index contributed by atoms with van der Waals surface area (Å²) in [6.07, 6.45) is 2.41. The van der Waals surface area contributed by atoms with Gasteiger partial charge in [0.15, 0.2) is 0 Å².